The van der Waals surface area contributed by atoms with E-state index in [1.165, 1.54) is 12.5 Å². The summed E-state index contributed by atoms with van der Waals surface area (Å²) in [5, 5.41) is 14.0. The van der Waals surface area contributed by atoms with Crippen molar-refractivity contribution in [3.05, 3.63) is 63.4 Å². The lowest BCUT2D eigenvalue weighted by Crippen LogP contribution is -2.62. The number of rotatable bonds is 4. The number of nitrogens with zero attached hydrogens (tertiary/aromatic N) is 1. The lowest BCUT2D eigenvalue weighted by molar-refractivity contribution is -0.129. The summed E-state index contributed by atoms with van der Waals surface area (Å²) in [5.41, 5.74) is 7.51. The monoisotopic (exact) mass is 505 g/mol. The van der Waals surface area contributed by atoms with E-state index < -0.39 is 29.4 Å². The zero-order chi connectivity index (χ0) is 24.0. The number of nitrogens with two attached hydrogens (primary N) is 1. The Bertz CT molecular complexity index is 1090. The zero-order valence-corrected chi connectivity index (χ0v) is 20.5. The molecule has 0 aromatic heterocycles. The van der Waals surface area contributed by atoms with Crippen LogP contribution in [-0.2, 0) is 11.2 Å². The standard InChI is InChI=1S/C26H30Cl2FN3O2/c27-17-10-9-16-12-26(25(34)31-20(16)11-17)22(18-7-4-8-19(28)23(18)29)24(30)21(14-33)32(26)13-15-5-2-1-3-6-15/h4,7-11,15,21-22,24,33H,1-3,5-6,12-14,30H2,(H,31,34)/t21-,22-,24+,26+/m0/s1. The number of amides is 1. The molecule has 4 N–H and O–H groups in total. The predicted octanol–water partition coefficient (Wildman–Crippen LogP) is 4.73. The van der Waals surface area contributed by atoms with Crippen LogP contribution in [0.2, 0.25) is 10.0 Å². The van der Waals surface area contributed by atoms with Gasteiger partial charge in [-0.05, 0) is 48.1 Å². The van der Waals surface area contributed by atoms with Crippen LogP contribution in [0.15, 0.2) is 36.4 Å². The molecule has 0 radical (unpaired) electrons. The summed E-state index contributed by atoms with van der Waals surface area (Å²) in [5.74, 6) is -1.09. The highest BCUT2D eigenvalue weighted by Crippen LogP contribution is 2.51. The van der Waals surface area contributed by atoms with E-state index in [4.69, 9.17) is 28.9 Å². The number of anilines is 1. The van der Waals surface area contributed by atoms with Gasteiger partial charge in [-0.2, -0.15) is 0 Å². The van der Waals surface area contributed by atoms with Gasteiger partial charge in [0.1, 0.15) is 11.4 Å². The van der Waals surface area contributed by atoms with E-state index >= 15 is 4.39 Å². The van der Waals surface area contributed by atoms with E-state index in [1.807, 2.05) is 6.07 Å². The Hall–Kier alpha value is -1.70. The van der Waals surface area contributed by atoms with Crippen molar-refractivity contribution in [3.8, 4) is 0 Å². The van der Waals surface area contributed by atoms with Gasteiger partial charge in [0.15, 0.2) is 0 Å². The van der Waals surface area contributed by atoms with Gasteiger partial charge < -0.3 is 16.2 Å². The van der Waals surface area contributed by atoms with Crippen molar-refractivity contribution in [1.29, 1.82) is 0 Å². The number of hydrogen-bond donors (Lipinski definition) is 3. The Kier molecular flexibility index (Phi) is 6.64. The lowest BCUT2D eigenvalue weighted by Gasteiger charge is -2.46. The van der Waals surface area contributed by atoms with Crippen LogP contribution >= 0.6 is 23.2 Å². The summed E-state index contributed by atoms with van der Waals surface area (Å²) in [6.45, 7) is 0.420. The molecule has 5 nitrogen and oxygen atoms in total. The Labute approximate surface area is 209 Å². The summed E-state index contributed by atoms with van der Waals surface area (Å²) >= 11 is 12.4. The topological polar surface area (TPSA) is 78.6 Å². The second-order valence-corrected chi connectivity index (χ2v) is 10.8. The molecular weight excluding hydrogens is 476 g/mol. The number of aliphatic hydroxyl groups excluding tert-OH is 1. The van der Waals surface area contributed by atoms with Gasteiger partial charge in [-0.25, -0.2) is 4.39 Å². The fraction of sp³-hybridized carbons (Fsp3) is 0.500. The number of likely N-dealkylation sites (tertiary alicyclic amines) is 1. The molecule has 1 amide bonds. The number of halogens is 3. The van der Waals surface area contributed by atoms with E-state index in [-0.39, 0.29) is 17.5 Å². The molecule has 2 aromatic carbocycles. The Morgan fingerprint density at radius 1 is 1.18 bits per heavy atom. The van der Waals surface area contributed by atoms with Gasteiger partial charge in [0.2, 0.25) is 5.91 Å². The zero-order valence-electron chi connectivity index (χ0n) is 18.9. The molecule has 5 rings (SSSR count). The molecule has 34 heavy (non-hydrogen) atoms. The van der Waals surface area contributed by atoms with Crippen LogP contribution in [0.4, 0.5) is 10.1 Å². The van der Waals surface area contributed by atoms with Crippen molar-refractivity contribution in [3.63, 3.8) is 0 Å². The van der Waals surface area contributed by atoms with Crippen LogP contribution in [0.1, 0.15) is 49.1 Å². The minimum Gasteiger partial charge on any atom is -0.395 e. The van der Waals surface area contributed by atoms with Gasteiger partial charge in [-0.3, -0.25) is 9.69 Å². The van der Waals surface area contributed by atoms with Gasteiger partial charge in [0.25, 0.3) is 0 Å². The highest BCUT2D eigenvalue weighted by molar-refractivity contribution is 6.31. The molecule has 1 aliphatic carbocycles. The maximum Gasteiger partial charge on any atom is 0.245 e. The predicted molar refractivity (Wildman–Crippen MR) is 133 cm³/mol. The number of nitrogens with one attached hydrogen (secondary N) is 1. The summed E-state index contributed by atoms with van der Waals surface area (Å²) in [4.78, 5) is 16.1. The largest absolute Gasteiger partial charge is 0.395 e. The molecule has 182 valence electrons. The first-order valence-corrected chi connectivity index (χ1v) is 12.8. The second kappa shape index (κ2) is 9.40. The second-order valence-electron chi connectivity index (χ2n) is 9.96. The number of benzene rings is 2. The average Bonchev–Trinajstić information content (AvgIpc) is 3.05. The lowest BCUT2D eigenvalue weighted by atomic mass is 9.71. The van der Waals surface area contributed by atoms with Crippen LogP contribution in [0.3, 0.4) is 0 Å². The van der Waals surface area contributed by atoms with Gasteiger partial charge in [-0.15, -0.1) is 0 Å². The third-order valence-electron chi connectivity index (χ3n) is 8.11. The maximum atomic E-state index is 15.4. The first kappa shape index (κ1) is 24.0. The van der Waals surface area contributed by atoms with Gasteiger partial charge in [0, 0.05) is 41.7 Å². The summed E-state index contributed by atoms with van der Waals surface area (Å²) in [6.07, 6.45) is 6.02. The molecule has 3 aliphatic rings. The fourth-order valence-electron chi connectivity index (χ4n) is 6.52. The van der Waals surface area contributed by atoms with Crippen molar-refractivity contribution < 1.29 is 14.3 Å². The number of aliphatic hydroxyl groups is 1. The summed E-state index contributed by atoms with van der Waals surface area (Å²) < 4.78 is 15.4. The van der Waals surface area contributed by atoms with Crippen molar-refractivity contribution in [2.75, 3.05) is 18.5 Å². The van der Waals surface area contributed by atoms with Crippen LogP contribution in [0, 0.1) is 11.7 Å². The quantitative estimate of drug-likeness (QED) is 0.560. The molecule has 1 spiro atoms. The van der Waals surface area contributed by atoms with Gasteiger partial charge in [-0.1, -0.05) is 60.7 Å². The van der Waals surface area contributed by atoms with E-state index in [2.05, 4.69) is 10.2 Å². The minimum atomic E-state index is -1.16. The maximum absolute atomic E-state index is 15.4. The highest BCUT2D eigenvalue weighted by Gasteiger charge is 2.63. The Balaban J connectivity index is 1.67. The van der Waals surface area contributed by atoms with E-state index in [1.54, 1.807) is 24.3 Å². The number of fused-ring (bicyclic) bond motifs is 1. The molecule has 8 heteroatoms. The van der Waals surface area contributed by atoms with E-state index in [9.17, 15) is 9.90 Å². The number of carbonyl (C=O) groups is 1. The van der Waals surface area contributed by atoms with E-state index in [0.717, 1.165) is 31.2 Å². The summed E-state index contributed by atoms with van der Waals surface area (Å²) in [7, 11) is 0. The summed E-state index contributed by atoms with van der Waals surface area (Å²) in [6, 6.07) is 9.15. The average molecular weight is 506 g/mol. The first-order valence-electron chi connectivity index (χ1n) is 12.0. The molecular formula is C26H30Cl2FN3O2. The fourth-order valence-corrected chi connectivity index (χ4v) is 6.87. The Morgan fingerprint density at radius 3 is 2.68 bits per heavy atom. The molecule has 1 saturated carbocycles. The van der Waals surface area contributed by atoms with Crippen molar-refractivity contribution in [2.45, 2.75) is 62.1 Å². The van der Waals surface area contributed by atoms with Crippen LogP contribution in [0.25, 0.3) is 0 Å². The van der Waals surface area contributed by atoms with Crippen molar-refractivity contribution in [2.24, 2.45) is 11.7 Å². The highest BCUT2D eigenvalue weighted by atomic mass is 35.5. The van der Waals surface area contributed by atoms with E-state index in [0.29, 0.717) is 35.2 Å². The molecule has 4 atom stereocenters. The minimum absolute atomic E-state index is 0.00507. The number of carbonyl (C=O) groups excluding carboxylic acids is 1. The van der Waals surface area contributed by atoms with Crippen LogP contribution < -0.4 is 11.1 Å². The van der Waals surface area contributed by atoms with Crippen LogP contribution in [-0.4, -0.2) is 46.7 Å². The normalized spacial score (nSPS) is 29.9. The van der Waals surface area contributed by atoms with Gasteiger partial charge >= 0.3 is 0 Å². The van der Waals surface area contributed by atoms with Crippen LogP contribution in [0.5, 0.6) is 0 Å². The Morgan fingerprint density at radius 2 is 1.94 bits per heavy atom. The smallest absolute Gasteiger partial charge is 0.245 e. The van der Waals surface area contributed by atoms with Crippen molar-refractivity contribution >= 4 is 34.8 Å². The molecule has 2 aliphatic heterocycles. The third kappa shape index (κ3) is 3.84. The van der Waals surface area contributed by atoms with Crippen molar-refractivity contribution in [1.82, 2.24) is 4.90 Å². The molecule has 0 bridgehead atoms. The third-order valence-corrected chi connectivity index (χ3v) is 8.64. The molecule has 2 aromatic rings. The first-order chi connectivity index (χ1) is 16.4. The SMILES string of the molecule is N[C@@H]1[C@H](CO)N(CC2CCCCC2)[C@]2(Cc3ccc(Cl)cc3NC2=O)[C@H]1c1cccc(Cl)c1F. The molecule has 1 saturated heterocycles. The molecule has 0 unspecified atom stereocenters. The molecule has 2 heterocycles. The number of hydrogen-bond acceptors (Lipinski definition) is 4. The van der Waals surface area contributed by atoms with Gasteiger partial charge in [0.05, 0.1) is 11.6 Å². The molecule has 2 fully saturated rings.